The van der Waals surface area contributed by atoms with Crippen LogP contribution in [0.2, 0.25) is 0 Å². The summed E-state index contributed by atoms with van der Waals surface area (Å²) in [5.41, 5.74) is 9.26. The lowest BCUT2D eigenvalue weighted by atomic mass is 9.91. The van der Waals surface area contributed by atoms with Gasteiger partial charge in [0, 0.05) is 32.2 Å². The average Bonchev–Trinajstić information content (AvgIpc) is 1.78. The number of hydrogen-bond donors (Lipinski definition) is 15. The molecule has 0 spiro atoms. The molecule has 11 atom stereocenters. The van der Waals surface area contributed by atoms with Gasteiger partial charge >= 0.3 is 0 Å². The maximum Gasteiger partial charge on any atom is 0.248 e. The van der Waals surface area contributed by atoms with Gasteiger partial charge < -0.3 is 85.5 Å². The maximum absolute atomic E-state index is 14.7. The highest BCUT2D eigenvalue weighted by Crippen LogP contribution is 2.26. The van der Waals surface area contributed by atoms with E-state index in [4.69, 9.17) is 17.2 Å². The highest BCUT2D eigenvalue weighted by Gasteiger charge is 2.47. The molecule has 0 aromatic carbocycles. The Bertz CT molecular complexity index is 2780. The van der Waals surface area contributed by atoms with Crippen LogP contribution in [0.25, 0.3) is 0 Å². The summed E-state index contributed by atoms with van der Waals surface area (Å²) < 4.78 is 0. The Morgan fingerprint density at radius 1 is 0.525 bits per heavy atom. The molecule has 99 heavy (non-hydrogen) atoms. The van der Waals surface area contributed by atoms with Crippen LogP contribution < -0.4 is 70.4 Å². The van der Waals surface area contributed by atoms with Gasteiger partial charge in [0.25, 0.3) is 0 Å². The SMILES string of the molecule is C/C=C/C[C@@H](C)[C@@H](O)[C@H](NC(=O)[C@@H]1CCCN1C(=O)[C@@](C)(CC)NC(=O)CCCCCCCCC)C(=O)N[C@](C)(CC)C(=O)N[C@@H](CCC(N)=O)C(=O)N[C@@H](CCC(N)=O)C(=O)NC(C)(C)C(=O)NC(C)(C)C(=O)N[C@@H](CCC(N)=O)C(=O)N[C@@H](CC(C)C)C(=O)N[C@H](CO)CC(C)C. The van der Waals surface area contributed by atoms with Gasteiger partial charge in [-0.25, -0.2) is 0 Å². The van der Waals surface area contributed by atoms with Gasteiger partial charge in [-0.3, -0.25) is 67.1 Å². The van der Waals surface area contributed by atoms with Crippen molar-refractivity contribution in [1.29, 1.82) is 0 Å². The van der Waals surface area contributed by atoms with Gasteiger partial charge in [-0.2, -0.15) is 0 Å². The molecule has 0 saturated carbocycles. The van der Waals surface area contributed by atoms with Gasteiger partial charge in [0.2, 0.25) is 82.7 Å². The maximum atomic E-state index is 14.7. The van der Waals surface area contributed by atoms with Crippen LogP contribution in [0.3, 0.4) is 0 Å². The van der Waals surface area contributed by atoms with Crippen molar-refractivity contribution < 1.29 is 77.3 Å². The van der Waals surface area contributed by atoms with Crippen molar-refractivity contribution in [2.24, 2.45) is 35.0 Å². The van der Waals surface area contributed by atoms with Crippen molar-refractivity contribution in [1.82, 2.24) is 58.1 Å². The summed E-state index contributed by atoms with van der Waals surface area (Å²) in [5.74, 6) is -12.5. The number of amides is 14. The first-order valence-electron chi connectivity index (χ1n) is 35.3. The Morgan fingerprint density at radius 3 is 1.48 bits per heavy atom. The molecule has 0 unspecified atom stereocenters. The zero-order valence-electron chi connectivity index (χ0n) is 61.6. The largest absolute Gasteiger partial charge is 0.394 e. The highest BCUT2D eigenvalue weighted by atomic mass is 16.3. The van der Waals surface area contributed by atoms with Crippen molar-refractivity contribution in [2.45, 2.75) is 309 Å². The number of primary amides is 3. The van der Waals surface area contributed by atoms with E-state index in [0.717, 1.165) is 38.5 Å². The first-order valence-corrected chi connectivity index (χ1v) is 35.3. The van der Waals surface area contributed by atoms with E-state index >= 15 is 0 Å². The fourth-order valence-electron chi connectivity index (χ4n) is 11.1. The van der Waals surface area contributed by atoms with Gasteiger partial charge in [-0.1, -0.05) is 106 Å². The summed E-state index contributed by atoms with van der Waals surface area (Å²) in [6.07, 6.45) is 7.94. The standard InChI is InChI=1S/C69H122N14O16/c1-16-20-22-23-24-25-26-30-53(88)79-69(15,19-4)65(99)83-37-27-29-49(83)60(94)78-54(55(89)43(9)28-21-17-2)61(95)81-68(14,18-3)64(98)77-46(32-35-51(71)86)56(90)74-47(33-36-52(72)87)59(93)80-67(12,13)63(97)82-66(10,11)62(96)76-45(31-34-50(70)85)57(91)75-48(39-42(7)8)58(92)73-44(40-84)38-41(5)6/h17,21,41-49,54-55,84,89H,16,18-20,22-40H2,1-15H3,(H2,70,85)(H2,71,86)(H2,72,87)(H,73,92)(H,74,90)(H,75,91)(H,76,96)(H,77,98)(H,78,94)(H,79,88)(H,80,93)(H,81,95)(H,82,97)/b21-17+/t43-,44+,45+,46+,47+,48+,49+,54+,55-,68-,69-/m1/s1. The number of nitrogens with one attached hydrogen (secondary N) is 10. The average molecular weight is 1400 g/mol. The number of carbonyl (C=O) groups is 14. The van der Waals surface area contributed by atoms with Crippen LogP contribution in [0, 0.1) is 17.8 Å². The predicted octanol–water partition coefficient (Wildman–Crippen LogP) is 1.23. The first kappa shape index (κ1) is 89.3. The second-order valence-electron chi connectivity index (χ2n) is 28.7. The van der Waals surface area contributed by atoms with E-state index in [9.17, 15) is 77.3 Å². The Balaban J connectivity index is 3.55. The summed E-state index contributed by atoms with van der Waals surface area (Å²) in [6.45, 7) is 24.0. The first-order chi connectivity index (χ1) is 46.1. The lowest BCUT2D eigenvalue weighted by Gasteiger charge is -2.37. The minimum atomic E-state index is -1.95. The third kappa shape index (κ3) is 31.1. The molecular weight excluding hydrogens is 1280 g/mol. The smallest absolute Gasteiger partial charge is 0.248 e. The van der Waals surface area contributed by atoms with E-state index in [2.05, 4.69) is 60.1 Å². The molecule has 0 aromatic rings. The summed E-state index contributed by atoms with van der Waals surface area (Å²) in [7, 11) is 0. The molecule has 0 bridgehead atoms. The monoisotopic (exact) mass is 1400 g/mol. The van der Waals surface area contributed by atoms with Gasteiger partial charge in [0.05, 0.1) is 18.8 Å². The number of likely N-dealkylation sites (tertiary alicyclic amines) is 1. The van der Waals surface area contributed by atoms with Crippen molar-refractivity contribution in [3.05, 3.63) is 12.2 Å². The molecule has 564 valence electrons. The number of allylic oxidation sites excluding steroid dienone is 2. The van der Waals surface area contributed by atoms with Gasteiger partial charge in [-0.15, -0.1) is 0 Å². The number of nitrogens with zero attached hydrogens (tertiary/aromatic N) is 1. The number of nitrogens with two attached hydrogens (primary N) is 3. The lowest BCUT2D eigenvalue weighted by molar-refractivity contribution is -0.146. The number of aliphatic hydroxyl groups is 2. The number of carbonyl (C=O) groups excluding carboxylic acids is 14. The van der Waals surface area contributed by atoms with Crippen molar-refractivity contribution >= 4 is 82.7 Å². The van der Waals surface area contributed by atoms with Crippen molar-refractivity contribution in [2.75, 3.05) is 13.2 Å². The van der Waals surface area contributed by atoms with E-state index in [1.807, 2.05) is 27.7 Å². The zero-order valence-corrected chi connectivity index (χ0v) is 61.6. The fraction of sp³-hybridized carbons (Fsp3) is 0.768. The van der Waals surface area contributed by atoms with Crippen LogP contribution in [0.1, 0.15) is 239 Å². The molecule has 1 saturated heterocycles. The van der Waals surface area contributed by atoms with Gasteiger partial charge in [0.1, 0.15) is 58.4 Å². The summed E-state index contributed by atoms with van der Waals surface area (Å²) in [5, 5.41) is 47.9. The molecule has 18 N–H and O–H groups in total. The van der Waals surface area contributed by atoms with E-state index < -0.39 is 179 Å². The van der Waals surface area contributed by atoms with Crippen LogP contribution in [0.15, 0.2) is 12.2 Å². The molecule has 1 aliphatic rings. The Labute approximate surface area is 585 Å². The summed E-state index contributed by atoms with van der Waals surface area (Å²) in [6, 6.07) is -9.45. The van der Waals surface area contributed by atoms with Crippen LogP contribution in [0.4, 0.5) is 0 Å². The molecule has 0 aliphatic carbocycles. The molecule has 0 radical (unpaired) electrons. The molecule has 30 nitrogen and oxygen atoms in total. The molecular formula is C69H122N14O16. The predicted molar refractivity (Wildman–Crippen MR) is 373 cm³/mol. The van der Waals surface area contributed by atoms with E-state index in [-0.39, 0.29) is 82.3 Å². The topological polar surface area (TPSA) is 481 Å². The Morgan fingerprint density at radius 2 is 1.00 bits per heavy atom. The second-order valence-corrected chi connectivity index (χ2v) is 28.7. The molecule has 0 aromatic heterocycles. The van der Waals surface area contributed by atoms with E-state index in [1.54, 1.807) is 39.8 Å². The van der Waals surface area contributed by atoms with Crippen molar-refractivity contribution in [3.8, 4) is 0 Å². The third-order valence-electron chi connectivity index (χ3n) is 17.8. The third-order valence-corrected chi connectivity index (χ3v) is 17.8. The van der Waals surface area contributed by atoms with Crippen LogP contribution in [-0.2, 0) is 67.1 Å². The lowest BCUT2D eigenvalue weighted by Crippen LogP contribution is -2.66. The summed E-state index contributed by atoms with van der Waals surface area (Å²) in [4.78, 5) is 193. The normalized spacial score (nSPS) is 17.0. The number of unbranched alkanes of at least 4 members (excludes halogenated alkanes) is 6. The quantitative estimate of drug-likeness (QED) is 0.0301. The molecule has 1 rings (SSSR count). The van der Waals surface area contributed by atoms with Crippen LogP contribution in [-0.4, -0.2) is 182 Å². The number of rotatable bonds is 48. The van der Waals surface area contributed by atoms with Crippen LogP contribution >= 0.6 is 0 Å². The minimum Gasteiger partial charge on any atom is -0.394 e. The second kappa shape index (κ2) is 43.0. The number of aliphatic hydroxyl groups excluding tert-OH is 2. The summed E-state index contributed by atoms with van der Waals surface area (Å²) >= 11 is 0. The minimum absolute atomic E-state index is 0.114. The molecule has 1 aliphatic heterocycles. The van der Waals surface area contributed by atoms with Crippen LogP contribution in [0.5, 0.6) is 0 Å². The molecule has 30 heteroatoms. The molecule has 14 amide bonds. The van der Waals surface area contributed by atoms with Gasteiger partial charge in [-0.05, 0) is 137 Å². The fourth-order valence-corrected chi connectivity index (χ4v) is 11.1. The van der Waals surface area contributed by atoms with Crippen molar-refractivity contribution in [3.63, 3.8) is 0 Å². The van der Waals surface area contributed by atoms with E-state index in [0.29, 0.717) is 19.3 Å². The Hall–Kier alpha value is -7.76. The van der Waals surface area contributed by atoms with E-state index in [1.165, 1.54) is 46.4 Å². The molecule has 1 heterocycles. The molecule has 1 fully saturated rings. The zero-order chi connectivity index (χ0) is 75.8. The van der Waals surface area contributed by atoms with Gasteiger partial charge in [0.15, 0.2) is 0 Å². The number of hydrogen-bond acceptors (Lipinski definition) is 16. The Kier molecular flexibility index (Phi) is 38.8. The highest BCUT2D eigenvalue weighted by molar-refractivity contribution is 6.02.